The molecule has 0 radical (unpaired) electrons. The van der Waals surface area contributed by atoms with E-state index in [1.165, 1.54) is 7.11 Å². The second-order valence-electron chi connectivity index (χ2n) is 7.44. The Labute approximate surface area is 175 Å². The van der Waals surface area contributed by atoms with Gasteiger partial charge < -0.3 is 25.4 Å². The molecule has 3 N–H and O–H groups in total. The van der Waals surface area contributed by atoms with Crippen molar-refractivity contribution in [3.8, 4) is 5.75 Å². The van der Waals surface area contributed by atoms with Gasteiger partial charge >= 0.3 is 6.09 Å². The van der Waals surface area contributed by atoms with Crippen LogP contribution in [-0.2, 0) is 16.1 Å². The summed E-state index contributed by atoms with van der Waals surface area (Å²) in [5.74, 6) is -0.237. The fourth-order valence-corrected chi connectivity index (χ4v) is 2.54. The minimum atomic E-state index is -0.665. The van der Waals surface area contributed by atoms with Gasteiger partial charge in [-0.25, -0.2) is 4.79 Å². The number of ether oxygens (including phenoxy) is 2. The molecule has 30 heavy (non-hydrogen) atoms. The molecule has 0 aromatic heterocycles. The summed E-state index contributed by atoms with van der Waals surface area (Å²) in [5, 5.41) is 7.95. The minimum absolute atomic E-state index is 0.178. The number of para-hydroxylation sites is 2. The van der Waals surface area contributed by atoms with Crippen LogP contribution in [0.3, 0.4) is 0 Å². The summed E-state index contributed by atoms with van der Waals surface area (Å²) in [6.45, 7) is 5.18. The molecule has 0 unspecified atom stereocenters. The van der Waals surface area contributed by atoms with Gasteiger partial charge in [-0.3, -0.25) is 9.59 Å². The molecule has 0 aliphatic rings. The van der Waals surface area contributed by atoms with Crippen molar-refractivity contribution in [2.75, 3.05) is 19.0 Å². The number of carbonyl (C=O) groups excluding carboxylic acids is 3. The van der Waals surface area contributed by atoms with Crippen LogP contribution >= 0.6 is 0 Å². The molecule has 0 heterocycles. The molecule has 8 heteroatoms. The molecule has 0 saturated heterocycles. The summed E-state index contributed by atoms with van der Waals surface area (Å²) < 4.78 is 10.3. The lowest BCUT2D eigenvalue weighted by atomic mass is 10.1. The minimum Gasteiger partial charge on any atom is -0.496 e. The Morgan fingerprint density at radius 2 is 1.60 bits per heavy atom. The van der Waals surface area contributed by atoms with Gasteiger partial charge in [-0.15, -0.1) is 0 Å². The van der Waals surface area contributed by atoms with Crippen LogP contribution in [0.4, 0.5) is 10.5 Å². The third-order valence-corrected chi connectivity index (χ3v) is 3.89. The van der Waals surface area contributed by atoms with Crippen molar-refractivity contribution in [2.24, 2.45) is 0 Å². The van der Waals surface area contributed by atoms with E-state index in [2.05, 4.69) is 16.0 Å². The van der Waals surface area contributed by atoms with Crippen molar-refractivity contribution in [3.05, 3.63) is 59.7 Å². The molecular formula is C22H27N3O5. The van der Waals surface area contributed by atoms with Gasteiger partial charge in [-0.2, -0.15) is 0 Å². The first-order chi connectivity index (χ1) is 14.2. The van der Waals surface area contributed by atoms with E-state index in [0.29, 0.717) is 22.6 Å². The SMILES string of the molecule is COc1ccccc1C(=O)Nc1ccccc1CNC(=O)CNC(=O)OC(C)(C)C. The Morgan fingerprint density at radius 3 is 2.30 bits per heavy atom. The Bertz CT molecular complexity index is 906. The van der Waals surface area contributed by atoms with E-state index in [1.807, 2.05) is 0 Å². The van der Waals surface area contributed by atoms with Gasteiger partial charge in [0.2, 0.25) is 5.91 Å². The molecule has 160 valence electrons. The smallest absolute Gasteiger partial charge is 0.408 e. The quantitative estimate of drug-likeness (QED) is 0.647. The van der Waals surface area contributed by atoms with E-state index < -0.39 is 11.7 Å². The zero-order valence-corrected chi connectivity index (χ0v) is 17.6. The predicted octanol–water partition coefficient (Wildman–Crippen LogP) is 3.09. The Kier molecular flexibility index (Phi) is 7.80. The molecule has 0 fully saturated rings. The Hall–Kier alpha value is -3.55. The topological polar surface area (TPSA) is 106 Å². The summed E-state index contributed by atoms with van der Waals surface area (Å²) in [4.78, 5) is 36.3. The van der Waals surface area contributed by atoms with Gasteiger partial charge in [0.05, 0.1) is 12.7 Å². The van der Waals surface area contributed by atoms with Crippen molar-refractivity contribution in [2.45, 2.75) is 32.9 Å². The number of amides is 3. The highest BCUT2D eigenvalue weighted by molar-refractivity contribution is 6.06. The van der Waals surface area contributed by atoms with Crippen molar-refractivity contribution < 1.29 is 23.9 Å². The van der Waals surface area contributed by atoms with Crippen LogP contribution in [0.5, 0.6) is 5.75 Å². The summed E-state index contributed by atoms with van der Waals surface area (Å²) in [6.07, 6.45) is -0.665. The maximum absolute atomic E-state index is 12.6. The summed E-state index contributed by atoms with van der Waals surface area (Å²) in [6, 6.07) is 14.0. The fourth-order valence-electron chi connectivity index (χ4n) is 2.54. The van der Waals surface area contributed by atoms with Crippen LogP contribution in [0.15, 0.2) is 48.5 Å². The first kappa shape index (κ1) is 22.7. The van der Waals surface area contributed by atoms with Crippen LogP contribution < -0.4 is 20.7 Å². The number of carbonyl (C=O) groups is 3. The predicted molar refractivity (Wildman–Crippen MR) is 113 cm³/mol. The van der Waals surface area contributed by atoms with E-state index in [1.54, 1.807) is 69.3 Å². The van der Waals surface area contributed by atoms with Crippen LogP contribution in [-0.4, -0.2) is 37.2 Å². The first-order valence-corrected chi connectivity index (χ1v) is 9.45. The molecule has 2 aromatic carbocycles. The molecule has 2 aromatic rings. The van der Waals surface area contributed by atoms with E-state index in [0.717, 1.165) is 0 Å². The fraction of sp³-hybridized carbons (Fsp3) is 0.318. The number of alkyl carbamates (subject to hydrolysis) is 1. The van der Waals surface area contributed by atoms with Crippen molar-refractivity contribution >= 4 is 23.6 Å². The normalized spacial score (nSPS) is 10.7. The van der Waals surface area contributed by atoms with Crippen molar-refractivity contribution in [1.29, 1.82) is 0 Å². The second-order valence-corrected chi connectivity index (χ2v) is 7.44. The molecule has 0 spiro atoms. The molecule has 3 amide bonds. The van der Waals surface area contributed by atoms with Gasteiger partial charge in [0.25, 0.3) is 5.91 Å². The average Bonchev–Trinajstić information content (AvgIpc) is 2.70. The molecule has 0 aliphatic heterocycles. The number of methoxy groups -OCH3 is 1. The van der Waals surface area contributed by atoms with Crippen LogP contribution in [0.25, 0.3) is 0 Å². The lowest BCUT2D eigenvalue weighted by Crippen LogP contribution is -2.39. The highest BCUT2D eigenvalue weighted by Gasteiger charge is 2.17. The van der Waals surface area contributed by atoms with E-state index >= 15 is 0 Å². The standard InChI is InChI=1S/C22H27N3O5/c1-22(2,3)30-21(28)24-14-19(26)23-13-15-9-5-7-11-17(15)25-20(27)16-10-6-8-12-18(16)29-4/h5-12H,13-14H2,1-4H3,(H,23,26)(H,24,28)(H,25,27). The summed E-state index contributed by atoms with van der Waals surface area (Å²) in [7, 11) is 1.50. The first-order valence-electron chi connectivity index (χ1n) is 9.45. The van der Waals surface area contributed by atoms with E-state index in [-0.39, 0.29) is 24.9 Å². The van der Waals surface area contributed by atoms with Gasteiger partial charge in [0.15, 0.2) is 0 Å². The summed E-state index contributed by atoms with van der Waals surface area (Å²) in [5.41, 5.74) is 1.04. The molecule has 2 rings (SSSR count). The van der Waals surface area contributed by atoms with Gasteiger partial charge in [0, 0.05) is 12.2 Å². The number of benzene rings is 2. The molecule has 0 bridgehead atoms. The number of nitrogens with one attached hydrogen (secondary N) is 3. The zero-order chi connectivity index (χ0) is 22.1. The van der Waals surface area contributed by atoms with Gasteiger partial charge in [-0.05, 0) is 44.5 Å². The molecule has 0 atom stereocenters. The number of rotatable bonds is 7. The molecular weight excluding hydrogens is 386 g/mol. The van der Waals surface area contributed by atoms with E-state index in [4.69, 9.17) is 9.47 Å². The maximum Gasteiger partial charge on any atom is 0.408 e. The maximum atomic E-state index is 12.6. The lowest BCUT2D eigenvalue weighted by Gasteiger charge is -2.19. The van der Waals surface area contributed by atoms with Crippen LogP contribution in [0, 0.1) is 0 Å². The number of anilines is 1. The highest BCUT2D eigenvalue weighted by atomic mass is 16.6. The van der Waals surface area contributed by atoms with Gasteiger partial charge in [0.1, 0.15) is 17.9 Å². The lowest BCUT2D eigenvalue weighted by molar-refractivity contribution is -0.120. The molecule has 0 aliphatic carbocycles. The zero-order valence-electron chi connectivity index (χ0n) is 17.6. The van der Waals surface area contributed by atoms with E-state index in [9.17, 15) is 14.4 Å². The average molecular weight is 413 g/mol. The third kappa shape index (κ3) is 7.12. The van der Waals surface area contributed by atoms with Gasteiger partial charge in [-0.1, -0.05) is 30.3 Å². The molecule has 8 nitrogen and oxygen atoms in total. The highest BCUT2D eigenvalue weighted by Crippen LogP contribution is 2.21. The molecule has 0 saturated carbocycles. The largest absolute Gasteiger partial charge is 0.496 e. The van der Waals surface area contributed by atoms with Crippen molar-refractivity contribution in [3.63, 3.8) is 0 Å². The monoisotopic (exact) mass is 413 g/mol. The number of hydrogen-bond acceptors (Lipinski definition) is 5. The number of hydrogen-bond donors (Lipinski definition) is 3. The Morgan fingerprint density at radius 1 is 0.933 bits per heavy atom. The second kappa shape index (κ2) is 10.3. The Balaban J connectivity index is 1.94. The van der Waals surface area contributed by atoms with Crippen LogP contribution in [0.2, 0.25) is 0 Å². The van der Waals surface area contributed by atoms with Crippen LogP contribution in [0.1, 0.15) is 36.7 Å². The summed E-state index contributed by atoms with van der Waals surface area (Å²) >= 11 is 0. The third-order valence-electron chi connectivity index (χ3n) is 3.89. The van der Waals surface area contributed by atoms with Crippen molar-refractivity contribution in [1.82, 2.24) is 10.6 Å².